The molecule has 0 radical (unpaired) electrons. The molecule has 0 spiro atoms. The first-order valence-corrected chi connectivity index (χ1v) is 11.0. The van der Waals surface area contributed by atoms with Gasteiger partial charge in [-0.15, -0.1) is 0 Å². The van der Waals surface area contributed by atoms with E-state index in [0.717, 1.165) is 59.1 Å². The fourth-order valence-electron chi connectivity index (χ4n) is 4.07. The maximum Gasteiger partial charge on any atom is 0.187 e. The van der Waals surface area contributed by atoms with Gasteiger partial charge in [-0.1, -0.05) is 23.0 Å². The standard InChI is InChI=1S/C22H23N7S/c1-14-3-4-19-15(10-23)9-16(13-29(19)12-14)20-25-11-18-21(27-20)30-22(26-18)28(2)17-5-7-24-8-6-17/h4,9,11-13,17,24H,3,5-8H2,1-2H3. The van der Waals surface area contributed by atoms with Gasteiger partial charge >= 0.3 is 0 Å². The normalized spacial score (nSPS) is 19.4. The summed E-state index contributed by atoms with van der Waals surface area (Å²) in [6, 6.07) is 2.81. The van der Waals surface area contributed by atoms with Crippen molar-refractivity contribution < 1.29 is 0 Å². The molecule has 0 bridgehead atoms. The zero-order chi connectivity index (χ0) is 20.7. The molecule has 1 saturated heterocycles. The van der Waals surface area contributed by atoms with Crippen LogP contribution in [-0.2, 0) is 0 Å². The van der Waals surface area contributed by atoms with Gasteiger partial charge in [0.05, 0.1) is 17.5 Å². The van der Waals surface area contributed by atoms with Gasteiger partial charge in [-0.05, 0) is 45.4 Å². The minimum Gasteiger partial charge on any atom is -0.348 e. The van der Waals surface area contributed by atoms with E-state index >= 15 is 0 Å². The Labute approximate surface area is 179 Å². The molecule has 30 heavy (non-hydrogen) atoms. The van der Waals surface area contributed by atoms with Gasteiger partial charge in [0, 0.05) is 31.1 Å². The number of thiazole rings is 1. The fourth-order valence-corrected chi connectivity index (χ4v) is 5.02. The van der Waals surface area contributed by atoms with E-state index in [4.69, 9.17) is 9.97 Å². The summed E-state index contributed by atoms with van der Waals surface area (Å²) in [5.74, 6) is 0.616. The lowest BCUT2D eigenvalue weighted by atomic mass is 10.00. The topological polar surface area (TPSA) is 81.0 Å². The van der Waals surface area contributed by atoms with Crippen molar-refractivity contribution in [1.82, 2.24) is 25.2 Å². The summed E-state index contributed by atoms with van der Waals surface area (Å²) in [5.41, 5.74) is 4.46. The van der Waals surface area contributed by atoms with Crippen molar-refractivity contribution >= 4 is 32.4 Å². The SMILES string of the molecule is CC1=CN2C=C(c3ncc4nc(N(C)C5CCNCC5)sc4n3)C=C(C#N)C2=CC1. The van der Waals surface area contributed by atoms with E-state index in [-0.39, 0.29) is 0 Å². The summed E-state index contributed by atoms with van der Waals surface area (Å²) in [4.78, 5) is 19.3. The van der Waals surface area contributed by atoms with Gasteiger partial charge < -0.3 is 15.1 Å². The van der Waals surface area contributed by atoms with Crippen molar-refractivity contribution in [2.24, 2.45) is 0 Å². The van der Waals surface area contributed by atoms with Crippen LogP contribution in [0.1, 0.15) is 32.0 Å². The molecular weight excluding hydrogens is 394 g/mol. The molecule has 152 valence electrons. The van der Waals surface area contributed by atoms with Gasteiger partial charge in [-0.2, -0.15) is 5.26 Å². The average molecular weight is 418 g/mol. The lowest BCUT2D eigenvalue weighted by molar-refractivity contribution is 0.443. The van der Waals surface area contributed by atoms with Gasteiger partial charge in [0.15, 0.2) is 11.0 Å². The molecular formula is C22H23N7S. The number of hydrogen-bond donors (Lipinski definition) is 1. The van der Waals surface area contributed by atoms with Crippen LogP contribution in [0.25, 0.3) is 15.9 Å². The third-order valence-electron chi connectivity index (χ3n) is 5.79. The van der Waals surface area contributed by atoms with Crippen LogP contribution in [-0.4, -0.2) is 46.0 Å². The minimum absolute atomic E-state index is 0.501. The van der Waals surface area contributed by atoms with Crippen LogP contribution >= 0.6 is 11.3 Å². The third kappa shape index (κ3) is 3.40. The van der Waals surface area contributed by atoms with Gasteiger partial charge in [0.1, 0.15) is 16.4 Å². The molecule has 1 fully saturated rings. The number of nitriles is 1. The minimum atomic E-state index is 0.501. The van der Waals surface area contributed by atoms with Gasteiger partial charge in [0.25, 0.3) is 0 Å². The van der Waals surface area contributed by atoms with Gasteiger partial charge in [-0.3, -0.25) is 0 Å². The number of piperidine rings is 1. The van der Waals surface area contributed by atoms with Crippen LogP contribution in [0.15, 0.2) is 47.6 Å². The molecule has 0 atom stereocenters. The van der Waals surface area contributed by atoms with Crippen molar-refractivity contribution in [3.63, 3.8) is 0 Å². The fraction of sp³-hybridized carbons (Fsp3) is 0.364. The number of hydrogen-bond acceptors (Lipinski definition) is 8. The molecule has 0 amide bonds. The first kappa shape index (κ1) is 19.0. The largest absolute Gasteiger partial charge is 0.348 e. The smallest absolute Gasteiger partial charge is 0.187 e. The zero-order valence-corrected chi connectivity index (χ0v) is 17.9. The second kappa shape index (κ2) is 7.67. The predicted molar refractivity (Wildman–Crippen MR) is 119 cm³/mol. The van der Waals surface area contributed by atoms with E-state index in [0.29, 0.717) is 17.4 Å². The molecule has 3 aliphatic heterocycles. The Kier molecular flexibility index (Phi) is 4.85. The monoisotopic (exact) mass is 417 g/mol. The second-order valence-corrected chi connectivity index (χ2v) is 8.86. The molecule has 5 rings (SSSR count). The van der Waals surface area contributed by atoms with E-state index < -0.39 is 0 Å². The lowest BCUT2D eigenvalue weighted by Gasteiger charge is -2.31. The molecule has 3 aliphatic rings. The van der Waals surface area contributed by atoms with E-state index in [1.807, 2.05) is 17.2 Å². The maximum atomic E-state index is 9.63. The number of nitrogens with one attached hydrogen (secondary N) is 1. The molecule has 2 aromatic rings. The molecule has 5 heterocycles. The van der Waals surface area contributed by atoms with Crippen molar-refractivity contribution in [2.45, 2.75) is 32.2 Å². The molecule has 1 N–H and O–H groups in total. The quantitative estimate of drug-likeness (QED) is 0.817. The summed E-state index contributed by atoms with van der Waals surface area (Å²) < 4.78 is 0. The Bertz CT molecular complexity index is 1160. The summed E-state index contributed by atoms with van der Waals surface area (Å²) in [7, 11) is 2.12. The zero-order valence-electron chi connectivity index (χ0n) is 17.1. The highest BCUT2D eigenvalue weighted by Crippen LogP contribution is 2.34. The number of anilines is 1. The molecule has 0 unspecified atom stereocenters. The van der Waals surface area contributed by atoms with E-state index in [1.54, 1.807) is 17.5 Å². The predicted octanol–water partition coefficient (Wildman–Crippen LogP) is 3.57. The highest BCUT2D eigenvalue weighted by atomic mass is 32.1. The second-order valence-electron chi connectivity index (χ2n) is 7.90. The lowest BCUT2D eigenvalue weighted by Crippen LogP contribution is -2.41. The van der Waals surface area contributed by atoms with Crippen molar-refractivity contribution in [2.75, 3.05) is 25.0 Å². The van der Waals surface area contributed by atoms with Crippen LogP contribution < -0.4 is 10.2 Å². The summed E-state index contributed by atoms with van der Waals surface area (Å²) in [6.45, 7) is 4.18. The first-order valence-electron chi connectivity index (χ1n) is 10.2. The molecule has 7 nitrogen and oxygen atoms in total. The molecule has 8 heteroatoms. The highest BCUT2D eigenvalue weighted by Gasteiger charge is 2.23. The number of nitrogens with zero attached hydrogens (tertiary/aromatic N) is 6. The third-order valence-corrected chi connectivity index (χ3v) is 6.84. The Hall–Kier alpha value is -3.02. The molecule has 0 aromatic carbocycles. The average Bonchev–Trinajstić information content (AvgIpc) is 3.21. The maximum absolute atomic E-state index is 9.63. The number of aromatic nitrogens is 3. The van der Waals surface area contributed by atoms with E-state index in [2.05, 4.69) is 47.5 Å². The Balaban J connectivity index is 1.48. The number of rotatable bonds is 3. The van der Waals surface area contributed by atoms with Crippen molar-refractivity contribution in [1.29, 1.82) is 5.26 Å². The molecule has 0 saturated carbocycles. The van der Waals surface area contributed by atoms with Gasteiger partial charge in [0.2, 0.25) is 0 Å². The Morgan fingerprint density at radius 2 is 2.10 bits per heavy atom. The Morgan fingerprint density at radius 3 is 2.90 bits per heavy atom. The van der Waals surface area contributed by atoms with E-state index in [1.165, 1.54) is 5.57 Å². The number of fused-ring (bicyclic) bond motifs is 2. The van der Waals surface area contributed by atoms with Crippen LogP contribution in [0, 0.1) is 11.3 Å². The van der Waals surface area contributed by atoms with Crippen LogP contribution in [0.5, 0.6) is 0 Å². The van der Waals surface area contributed by atoms with Crippen molar-refractivity contribution in [3.8, 4) is 6.07 Å². The summed E-state index contributed by atoms with van der Waals surface area (Å²) >= 11 is 1.60. The molecule has 0 aliphatic carbocycles. The van der Waals surface area contributed by atoms with Gasteiger partial charge in [-0.25, -0.2) is 15.0 Å². The number of allylic oxidation sites excluding steroid dienone is 5. The summed E-state index contributed by atoms with van der Waals surface area (Å²) in [5, 5.41) is 14.0. The first-order chi connectivity index (χ1) is 14.6. The Morgan fingerprint density at radius 1 is 1.27 bits per heavy atom. The van der Waals surface area contributed by atoms with Crippen LogP contribution in [0.3, 0.4) is 0 Å². The van der Waals surface area contributed by atoms with E-state index in [9.17, 15) is 5.26 Å². The van der Waals surface area contributed by atoms with Crippen molar-refractivity contribution in [3.05, 3.63) is 53.4 Å². The highest BCUT2D eigenvalue weighted by molar-refractivity contribution is 7.21. The summed E-state index contributed by atoms with van der Waals surface area (Å²) in [6.07, 6.45) is 12.9. The van der Waals surface area contributed by atoms with Crippen LogP contribution in [0.2, 0.25) is 0 Å². The molecule has 2 aromatic heterocycles. The van der Waals surface area contributed by atoms with Crippen LogP contribution in [0.4, 0.5) is 5.13 Å².